The third-order valence-corrected chi connectivity index (χ3v) is 2.20. The van der Waals surface area contributed by atoms with E-state index in [1.165, 1.54) is 0 Å². The van der Waals surface area contributed by atoms with Gasteiger partial charge in [0.25, 0.3) is 0 Å². The Hall–Kier alpha value is -0.480. The molecule has 0 heterocycles. The van der Waals surface area contributed by atoms with E-state index in [0.717, 1.165) is 12.1 Å². The van der Waals surface area contributed by atoms with Gasteiger partial charge in [0.2, 0.25) is 0 Å². The molecule has 4 heteroatoms. The molecule has 0 aliphatic heterocycles. The average Bonchev–Trinajstić information content (AvgIpc) is 1.99. The van der Waals surface area contributed by atoms with E-state index in [9.17, 15) is 8.78 Å². The molecule has 1 aromatic rings. The van der Waals surface area contributed by atoms with Gasteiger partial charge in [0.05, 0.1) is 4.47 Å². The van der Waals surface area contributed by atoms with Crippen LogP contribution in [0.4, 0.5) is 8.78 Å². The van der Waals surface area contributed by atoms with Crippen molar-refractivity contribution in [3.63, 3.8) is 0 Å². The third kappa shape index (κ3) is 1.57. The summed E-state index contributed by atoms with van der Waals surface area (Å²) in [5.74, 6) is -0.979. The highest BCUT2D eigenvalue weighted by atomic mass is 79.9. The molecule has 0 amide bonds. The zero-order chi connectivity index (χ0) is 8.43. The van der Waals surface area contributed by atoms with Crippen LogP contribution in [0.3, 0.4) is 0 Å². The molecule has 0 radical (unpaired) electrons. The van der Waals surface area contributed by atoms with Gasteiger partial charge in [-0.05, 0) is 28.1 Å². The molecule has 0 bridgehead atoms. The molecule has 0 saturated heterocycles. The number of halogens is 3. The molecule has 0 aromatic heterocycles. The minimum atomic E-state index is -0.494. The highest BCUT2D eigenvalue weighted by Gasteiger charge is 2.08. The predicted octanol–water partition coefficient (Wildman–Crippen LogP) is 2.19. The summed E-state index contributed by atoms with van der Waals surface area (Å²) < 4.78 is 25.5. The first kappa shape index (κ1) is 8.62. The second kappa shape index (κ2) is 3.28. The lowest BCUT2D eigenvalue weighted by atomic mass is 10.2. The van der Waals surface area contributed by atoms with Crippen molar-refractivity contribution in [2.75, 3.05) is 0 Å². The molecule has 1 nitrogen and oxygen atoms in total. The third-order valence-electron chi connectivity index (χ3n) is 1.34. The lowest BCUT2D eigenvalue weighted by Gasteiger charge is -2.02. The van der Waals surface area contributed by atoms with Gasteiger partial charge in [0.15, 0.2) is 0 Å². The molecule has 60 valence electrons. The van der Waals surface area contributed by atoms with Crippen LogP contribution in [0, 0.1) is 11.6 Å². The summed E-state index contributed by atoms with van der Waals surface area (Å²) in [5.41, 5.74) is 5.36. The largest absolute Gasteiger partial charge is 0.326 e. The van der Waals surface area contributed by atoms with E-state index in [0.29, 0.717) is 0 Å². The molecule has 0 aliphatic rings. The van der Waals surface area contributed by atoms with Crippen LogP contribution in [0.1, 0.15) is 5.56 Å². The fraction of sp³-hybridized carbons (Fsp3) is 0.143. The first-order valence-electron chi connectivity index (χ1n) is 2.99. The van der Waals surface area contributed by atoms with E-state index in [2.05, 4.69) is 15.9 Å². The number of hydrogen-bond donors (Lipinski definition) is 1. The maximum absolute atomic E-state index is 12.8. The van der Waals surface area contributed by atoms with Gasteiger partial charge in [-0.1, -0.05) is 0 Å². The van der Waals surface area contributed by atoms with Crippen LogP contribution in [-0.2, 0) is 6.54 Å². The Morgan fingerprint density at radius 2 is 1.82 bits per heavy atom. The Balaban J connectivity index is 3.29. The van der Waals surface area contributed by atoms with Crippen LogP contribution in [0.25, 0.3) is 0 Å². The summed E-state index contributed by atoms with van der Waals surface area (Å²) in [6.07, 6.45) is 0. The molecule has 0 fully saturated rings. The molecule has 0 aliphatic carbocycles. The van der Waals surface area contributed by atoms with E-state index in [-0.39, 0.29) is 16.6 Å². The van der Waals surface area contributed by atoms with Crippen molar-refractivity contribution in [2.45, 2.75) is 6.54 Å². The molecule has 0 atom stereocenters. The molecule has 0 spiro atoms. The quantitative estimate of drug-likeness (QED) is 0.724. The number of rotatable bonds is 1. The first-order valence-corrected chi connectivity index (χ1v) is 3.78. The van der Waals surface area contributed by atoms with E-state index in [4.69, 9.17) is 5.73 Å². The molecule has 0 unspecified atom stereocenters. The van der Waals surface area contributed by atoms with Crippen molar-refractivity contribution in [3.05, 3.63) is 33.8 Å². The summed E-state index contributed by atoms with van der Waals surface area (Å²) in [7, 11) is 0. The fourth-order valence-corrected chi connectivity index (χ4v) is 1.24. The van der Waals surface area contributed by atoms with Crippen LogP contribution >= 0.6 is 15.9 Å². The van der Waals surface area contributed by atoms with E-state index in [1.54, 1.807) is 0 Å². The highest BCUT2D eigenvalue weighted by molar-refractivity contribution is 9.10. The molecule has 2 N–H and O–H groups in total. The van der Waals surface area contributed by atoms with Gasteiger partial charge >= 0.3 is 0 Å². The van der Waals surface area contributed by atoms with Gasteiger partial charge in [0.1, 0.15) is 11.6 Å². The summed E-state index contributed by atoms with van der Waals surface area (Å²) in [5, 5.41) is 0. The zero-order valence-corrected chi connectivity index (χ0v) is 7.16. The molecular weight excluding hydrogens is 216 g/mol. The second-order valence-corrected chi connectivity index (χ2v) is 2.82. The van der Waals surface area contributed by atoms with Crippen LogP contribution in [0.2, 0.25) is 0 Å². The highest BCUT2D eigenvalue weighted by Crippen LogP contribution is 2.22. The smallest absolute Gasteiger partial charge is 0.137 e. The Morgan fingerprint density at radius 1 is 1.27 bits per heavy atom. The van der Waals surface area contributed by atoms with Crippen molar-refractivity contribution in [2.24, 2.45) is 5.73 Å². The molecule has 11 heavy (non-hydrogen) atoms. The van der Waals surface area contributed by atoms with Crippen LogP contribution in [0.15, 0.2) is 16.6 Å². The van der Waals surface area contributed by atoms with Crippen molar-refractivity contribution in [1.82, 2.24) is 0 Å². The van der Waals surface area contributed by atoms with Crippen molar-refractivity contribution >= 4 is 15.9 Å². The van der Waals surface area contributed by atoms with Crippen molar-refractivity contribution in [3.8, 4) is 0 Å². The summed E-state index contributed by atoms with van der Waals surface area (Å²) >= 11 is 2.90. The Kier molecular flexibility index (Phi) is 2.57. The maximum atomic E-state index is 12.8. The van der Waals surface area contributed by atoms with Gasteiger partial charge < -0.3 is 5.73 Å². The van der Waals surface area contributed by atoms with E-state index < -0.39 is 11.6 Å². The molecule has 1 aromatic carbocycles. The molecule has 0 saturated carbocycles. The van der Waals surface area contributed by atoms with Crippen LogP contribution < -0.4 is 5.73 Å². The Labute approximate surface area is 71.3 Å². The fourth-order valence-electron chi connectivity index (χ4n) is 0.756. The minimum Gasteiger partial charge on any atom is -0.326 e. The number of benzene rings is 1. The van der Waals surface area contributed by atoms with E-state index >= 15 is 0 Å². The van der Waals surface area contributed by atoms with Crippen LogP contribution in [-0.4, -0.2) is 0 Å². The normalized spacial score (nSPS) is 10.2. The maximum Gasteiger partial charge on any atom is 0.137 e. The lowest BCUT2D eigenvalue weighted by molar-refractivity contribution is 0.579. The summed E-state index contributed by atoms with van der Waals surface area (Å²) in [4.78, 5) is 0. The van der Waals surface area contributed by atoms with Gasteiger partial charge in [-0.25, -0.2) is 8.78 Å². The zero-order valence-electron chi connectivity index (χ0n) is 5.57. The summed E-state index contributed by atoms with van der Waals surface area (Å²) in [6, 6.07) is 2.11. The van der Waals surface area contributed by atoms with Gasteiger partial charge in [-0.2, -0.15) is 0 Å². The molecule has 1 rings (SSSR count). The van der Waals surface area contributed by atoms with Gasteiger partial charge in [0, 0.05) is 12.1 Å². The average molecular weight is 222 g/mol. The standard InChI is InChI=1S/C7H6BrF2N/c8-7-4(3-11)5(9)1-2-6(7)10/h1-2H,3,11H2. The second-order valence-electron chi connectivity index (χ2n) is 2.03. The van der Waals surface area contributed by atoms with Crippen molar-refractivity contribution < 1.29 is 8.78 Å². The number of nitrogens with two attached hydrogens (primary N) is 1. The predicted molar refractivity (Wildman–Crippen MR) is 41.9 cm³/mol. The molecular formula is C7H6BrF2N. The SMILES string of the molecule is NCc1c(F)ccc(F)c1Br. The topological polar surface area (TPSA) is 26.0 Å². The van der Waals surface area contributed by atoms with Crippen molar-refractivity contribution in [1.29, 1.82) is 0 Å². The monoisotopic (exact) mass is 221 g/mol. The van der Waals surface area contributed by atoms with E-state index in [1.807, 2.05) is 0 Å². The minimum absolute atomic E-state index is 0.00975. The van der Waals surface area contributed by atoms with Gasteiger partial charge in [-0.15, -0.1) is 0 Å². The number of hydrogen-bond acceptors (Lipinski definition) is 1. The Morgan fingerprint density at radius 3 is 2.27 bits per heavy atom. The lowest BCUT2D eigenvalue weighted by Crippen LogP contribution is -2.02. The Bertz CT molecular complexity index is 275. The van der Waals surface area contributed by atoms with Gasteiger partial charge in [-0.3, -0.25) is 0 Å². The first-order chi connectivity index (χ1) is 5.16. The van der Waals surface area contributed by atoms with Crippen LogP contribution in [0.5, 0.6) is 0 Å². The summed E-state index contributed by atoms with van der Waals surface area (Å²) in [6.45, 7) is -0.00975.